The topological polar surface area (TPSA) is 40.5 Å². The Morgan fingerprint density at radius 3 is 1.31 bits per heavy atom. The van der Waals surface area contributed by atoms with E-state index in [4.69, 9.17) is 11.6 Å². The summed E-state index contributed by atoms with van der Waals surface area (Å²) in [4.78, 5) is 0. The largest absolute Gasteiger partial charge is 0.507 e. The normalized spacial score (nSPS) is 11.2. The number of rotatable bonds is 3. The van der Waals surface area contributed by atoms with Crippen molar-refractivity contribution in [3.8, 4) is 11.5 Å². The van der Waals surface area contributed by atoms with Crippen LogP contribution in [0.25, 0.3) is 0 Å². The molecule has 3 aromatic rings. The lowest BCUT2D eigenvalue weighted by Gasteiger charge is -2.22. The number of aromatic hydroxyl groups is 2. The highest BCUT2D eigenvalue weighted by molar-refractivity contribution is 6.30. The lowest BCUT2D eigenvalue weighted by atomic mass is 9.82. The van der Waals surface area contributed by atoms with Crippen LogP contribution in [0.4, 0.5) is 0 Å². The van der Waals surface area contributed by atoms with Crippen LogP contribution in [-0.2, 0) is 0 Å². The van der Waals surface area contributed by atoms with Crippen molar-refractivity contribution >= 4 is 11.6 Å². The second-order valence-electron chi connectivity index (χ2n) is 6.99. The van der Waals surface area contributed by atoms with E-state index in [2.05, 4.69) is 0 Å². The smallest absolute Gasteiger partial charge is 0.121 e. The molecule has 0 aliphatic carbocycles. The Bertz CT molecular complexity index is 855. The van der Waals surface area contributed by atoms with Gasteiger partial charge in [0.1, 0.15) is 11.5 Å². The van der Waals surface area contributed by atoms with Gasteiger partial charge in [0.2, 0.25) is 0 Å². The molecular formula is C23H23ClO2. The van der Waals surface area contributed by atoms with Gasteiger partial charge in [-0.3, -0.25) is 0 Å². The summed E-state index contributed by atoms with van der Waals surface area (Å²) in [7, 11) is 0. The fourth-order valence-electron chi connectivity index (χ4n) is 3.54. The molecule has 0 aliphatic heterocycles. The van der Waals surface area contributed by atoms with E-state index in [1.54, 1.807) is 0 Å². The zero-order valence-electron chi connectivity index (χ0n) is 15.5. The van der Waals surface area contributed by atoms with Crippen molar-refractivity contribution in [1.29, 1.82) is 0 Å². The Balaban J connectivity index is 2.25. The maximum atomic E-state index is 10.2. The molecule has 0 atom stereocenters. The lowest BCUT2D eigenvalue weighted by Crippen LogP contribution is -2.05. The van der Waals surface area contributed by atoms with Gasteiger partial charge in [-0.25, -0.2) is 0 Å². The minimum Gasteiger partial charge on any atom is -0.507 e. The summed E-state index contributed by atoms with van der Waals surface area (Å²) in [5, 5.41) is 21.0. The first-order valence-corrected chi connectivity index (χ1v) is 9.01. The molecule has 26 heavy (non-hydrogen) atoms. The van der Waals surface area contributed by atoms with Gasteiger partial charge in [-0.15, -0.1) is 0 Å². The van der Waals surface area contributed by atoms with Crippen molar-refractivity contribution in [3.63, 3.8) is 0 Å². The highest BCUT2D eigenvalue weighted by Crippen LogP contribution is 2.38. The van der Waals surface area contributed by atoms with E-state index in [1.807, 2.05) is 76.2 Å². The van der Waals surface area contributed by atoms with Gasteiger partial charge < -0.3 is 10.2 Å². The molecule has 0 unspecified atom stereocenters. The molecule has 0 amide bonds. The van der Waals surface area contributed by atoms with Crippen LogP contribution in [0.3, 0.4) is 0 Å². The molecule has 0 heterocycles. The van der Waals surface area contributed by atoms with Crippen LogP contribution in [0.15, 0.2) is 48.5 Å². The molecule has 0 aromatic heterocycles. The second-order valence-corrected chi connectivity index (χ2v) is 7.43. The summed E-state index contributed by atoms with van der Waals surface area (Å²) < 4.78 is 0. The van der Waals surface area contributed by atoms with Crippen LogP contribution >= 0.6 is 11.6 Å². The summed E-state index contributed by atoms with van der Waals surface area (Å²) in [6.45, 7) is 7.66. The summed E-state index contributed by atoms with van der Waals surface area (Å²) >= 11 is 6.08. The van der Waals surface area contributed by atoms with Gasteiger partial charge in [0.05, 0.1) is 0 Å². The van der Waals surface area contributed by atoms with E-state index in [0.717, 1.165) is 38.9 Å². The maximum Gasteiger partial charge on any atom is 0.121 e. The van der Waals surface area contributed by atoms with Crippen LogP contribution in [0, 0.1) is 27.7 Å². The Labute approximate surface area is 159 Å². The van der Waals surface area contributed by atoms with Crippen molar-refractivity contribution in [2.45, 2.75) is 33.6 Å². The quantitative estimate of drug-likeness (QED) is 0.544. The van der Waals surface area contributed by atoms with E-state index in [0.29, 0.717) is 16.5 Å². The van der Waals surface area contributed by atoms with Crippen LogP contribution in [0.2, 0.25) is 5.02 Å². The number of benzene rings is 3. The van der Waals surface area contributed by atoms with Gasteiger partial charge in [0.25, 0.3) is 0 Å². The monoisotopic (exact) mass is 366 g/mol. The molecule has 0 radical (unpaired) electrons. The molecule has 2 N–H and O–H groups in total. The van der Waals surface area contributed by atoms with Crippen molar-refractivity contribution in [2.24, 2.45) is 0 Å². The molecule has 0 saturated heterocycles. The number of aryl methyl sites for hydroxylation is 4. The molecule has 0 saturated carbocycles. The van der Waals surface area contributed by atoms with E-state index in [9.17, 15) is 10.2 Å². The standard InChI is InChI=1S/C23H23ClO2/c1-13-9-18(10-14(2)22(13)25)21(17-5-7-20(24)8-6-17)19-11-15(3)23(26)16(4)12-19/h5-12,21,25-26H,1-4H3. The first kappa shape index (κ1) is 18.3. The maximum absolute atomic E-state index is 10.2. The summed E-state index contributed by atoms with van der Waals surface area (Å²) in [5.41, 5.74) is 6.73. The highest BCUT2D eigenvalue weighted by atomic mass is 35.5. The number of phenolic OH excluding ortho intramolecular Hbond substituents is 2. The zero-order valence-corrected chi connectivity index (χ0v) is 16.2. The van der Waals surface area contributed by atoms with Crippen LogP contribution in [0.1, 0.15) is 44.9 Å². The molecule has 2 nitrogen and oxygen atoms in total. The molecule has 3 heteroatoms. The molecule has 0 bridgehead atoms. The van der Waals surface area contributed by atoms with E-state index in [-0.39, 0.29) is 5.92 Å². The summed E-state index contributed by atoms with van der Waals surface area (Å²) in [5.74, 6) is 0.659. The molecule has 134 valence electrons. The average Bonchev–Trinajstić information content (AvgIpc) is 2.59. The van der Waals surface area contributed by atoms with Crippen LogP contribution in [0.5, 0.6) is 11.5 Å². The van der Waals surface area contributed by atoms with E-state index < -0.39 is 0 Å². The predicted molar refractivity (Wildman–Crippen MR) is 108 cm³/mol. The molecule has 3 aromatic carbocycles. The molecular weight excluding hydrogens is 344 g/mol. The molecule has 0 aliphatic rings. The van der Waals surface area contributed by atoms with E-state index in [1.165, 1.54) is 0 Å². The minimum atomic E-state index is -0.0109. The summed E-state index contributed by atoms with van der Waals surface area (Å²) in [6, 6.07) is 16.0. The van der Waals surface area contributed by atoms with Gasteiger partial charge in [-0.1, -0.05) is 48.0 Å². The first-order chi connectivity index (χ1) is 12.3. The zero-order chi connectivity index (χ0) is 19.0. The minimum absolute atomic E-state index is 0.0109. The van der Waals surface area contributed by atoms with E-state index >= 15 is 0 Å². The number of hydrogen-bond acceptors (Lipinski definition) is 2. The second kappa shape index (κ2) is 7.05. The van der Waals surface area contributed by atoms with Crippen molar-refractivity contribution in [3.05, 3.63) is 92.5 Å². The Morgan fingerprint density at radius 2 is 0.962 bits per heavy atom. The number of phenols is 2. The number of hydrogen-bond donors (Lipinski definition) is 2. The Kier molecular flexibility index (Phi) is 4.97. The Morgan fingerprint density at radius 1 is 0.615 bits per heavy atom. The molecule has 0 fully saturated rings. The predicted octanol–water partition coefficient (Wildman–Crippen LogP) is 6.17. The van der Waals surface area contributed by atoms with Gasteiger partial charge >= 0.3 is 0 Å². The SMILES string of the molecule is Cc1cc(C(c2ccc(Cl)cc2)c2cc(C)c(O)c(C)c2)cc(C)c1O. The van der Waals surface area contributed by atoms with Crippen molar-refractivity contribution in [1.82, 2.24) is 0 Å². The lowest BCUT2D eigenvalue weighted by molar-refractivity contribution is 0.466. The van der Waals surface area contributed by atoms with Gasteiger partial charge in [-0.05, 0) is 78.8 Å². The number of halogens is 1. The fraction of sp³-hybridized carbons (Fsp3) is 0.217. The highest BCUT2D eigenvalue weighted by Gasteiger charge is 2.20. The third kappa shape index (κ3) is 3.42. The Hall–Kier alpha value is -2.45. The summed E-state index contributed by atoms with van der Waals surface area (Å²) in [6.07, 6.45) is 0. The van der Waals surface area contributed by atoms with Crippen molar-refractivity contribution < 1.29 is 10.2 Å². The van der Waals surface area contributed by atoms with Crippen molar-refractivity contribution in [2.75, 3.05) is 0 Å². The first-order valence-electron chi connectivity index (χ1n) is 8.63. The van der Waals surface area contributed by atoms with Gasteiger partial charge in [-0.2, -0.15) is 0 Å². The third-order valence-electron chi connectivity index (χ3n) is 4.90. The fourth-order valence-corrected chi connectivity index (χ4v) is 3.67. The van der Waals surface area contributed by atoms with Gasteiger partial charge in [0, 0.05) is 10.9 Å². The third-order valence-corrected chi connectivity index (χ3v) is 5.15. The van der Waals surface area contributed by atoms with Crippen LogP contribution in [-0.4, -0.2) is 10.2 Å². The molecule has 0 spiro atoms. The van der Waals surface area contributed by atoms with Crippen LogP contribution < -0.4 is 0 Å². The average molecular weight is 367 g/mol. The molecule has 3 rings (SSSR count). The van der Waals surface area contributed by atoms with Gasteiger partial charge in [0.15, 0.2) is 0 Å².